The quantitative estimate of drug-likeness (QED) is 0.579. The Morgan fingerprint density at radius 3 is 2.91 bits per heavy atom. The van der Waals surface area contributed by atoms with Gasteiger partial charge in [-0.15, -0.1) is 0 Å². The van der Waals surface area contributed by atoms with Crippen LogP contribution in [0.25, 0.3) is 0 Å². The molecule has 11 heavy (non-hydrogen) atoms. The predicted molar refractivity (Wildman–Crippen MR) is 42.4 cm³/mol. The first-order chi connectivity index (χ1) is 5.15. The SMILES string of the molecule is CCC1C[C@H](C)OC(=O)N1C. The fraction of sp³-hybridized carbons (Fsp3) is 0.875. The van der Waals surface area contributed by atoms with E-state index >= 15 is 0 Å². The van der Waals surface area contributed by atoms with E-state index in [4.69, 9.17) is 4.74 Å². The molecule has 0 aliphatic carbocycles. The van der Waals surface area contributed by atoms with Gasteiger partial charge in [0.2, 0.25) is 0 Å². The lowest BCUT2D eigenvalue weighted by molar-refractivity contribution is 0.0152. The Morgan fingerprint density at radius 1 is 1.73 bits per heavy atom. The normalized spacial score (nSPS) is 31.9. The third-order valence-corrected chi connectivity index (χ3v) is 2.21. The molecule has 3 nitrogen and oxygen atoms in total. The lowest BCUT2D eigenvalue weighted by Crippen LogP contribution is -2.45. The summed E-state index contributed by atoms with van der Waals surface area (Å²) in [5.41, 5.74) is 0. The van der Waals surface area contributed by atoms with Crippen LogP contribution in [0.2, 0.25) is 0 Å². The summed E-state index contributed by atoms with van der Waals surface area (Å²) >= 11 is 0. The number of ether oxygens (including phenoxy) is 1. The van der Waals surface area contributed by atoms with Crippen LogP contribution in [0.15, 0.2) is 0 Å². The Hall–Kier alpha value is -0.730. The van der Waals surface area contributed by atoms with Crippen LogP contribution in [0.5, 0.6) is 0 Å². The average Bonchev–Trinajstić information content (AvgIpc) is 1.96. The van der Waals surface area contributed by atoms with Crippen LogP contribution < -0.4 is 0 Å². The Bertz CT molecular complexity index is 158. The first kappa shape index (κ1) is 8.37. The summed E-state index contributed by atoms with van der Waals surface area (Å²) in [6.45, 7) is 4.03. The van der Waals surface area contributed by atoms with Crippen molar-refractivity contribution in [2.75, 3.05) is 7.05 Å². The second-order valence-electron chi connectivity index (χ2n) is 3.10. The third kappa shape index (κ3) is 1.64. The van der Waals surface area contributed by atoms with Crippen molar-refractivity contribution in [1.82, 2.24) is 4.90 Å². The maximum atomic E-state index is 11.1. The zero-order chi connectivity index (χ0) is 8.43. The topological polar surface area (TPSA) is 29.5 Å². The molecule has 0 spiro atoms. The lowest BCUT2D eigenvalue weighted by atomic mass is 10.1. The second-order valence-corrected chi connectivity index (χ2v) is 3.10. The molecule has 0 saturated carbocycles. The summed E-state index contributed by atoms with van der Waals surface area (Å²) in [7, 11) is 1.79. The molecule has 0 aromatic carbocycles. The van der Waals surface area contributed by atoms with Crippen LogP contribution in [0.4, 0.5) is 4.79 Å². The fourth-order valence-corrected chi connectivity index (χ4v) is 1.43. The van der Waals surface area contributed by atoms with Crippen LogP contribution in [-0.2, 0) is 4.74 Å². The average molecular weight is 157 g/mol. The fourth-order valence-electron chi connectivity index (χ4n) is 1.43. The molecule has 1 aliphatic heterocycles. The van der Waals surface area contributed by atoms with Crippen molar-refractivity contribution in [3.63, 3.8) is 0 Å². The molecule has 0 radical (unpaired) electrons. The predicted octanol–water partition coefficient (Wildman–Crippen LogP) is 1.63. The Kier molecular flexibility index (Phi) is 2.37. The molecule has 1 aliphatic rings. The zero-order valence-electron chi connectivity index (χ0n) is 7.33. The van der Waals surface area contributed by atoms with Gasteiger partial charge in [0.1, 0.15) is 6.10 Å². The van der Waals surface area contributed by atoms with Crippen LogP contribution >= 0.6 is 0 Å². The minimum Gasteiger partial charge on any atom is -0.446 e. The number of amides is 1. The van der Waals surface area contributed by atoms with Gasteiger partial charge >= 0.3 is 6.09 Å². The smallest absolute Gasteiger partial charge is 0.410 e. The van der Waals surface area contributed by atoms with Gasteiger partial charge in [-0.25, -0.2) is 4.79 Å². The van der Waals surface area contributed by atoms with Crippen LogP contribution in [0.1, 0.15) is 26.7 Å². The molecule has 1 unspecified atom stereocenters. The minimum absolute atomic E-state index is 0.0867. The Morgan fingerprint density at radius 2 is 2.36 bits per heavy atom. The van der Waals surface area contributed by atoms with Gasteiger partial charge in [0, 0.05) is 19.5 Å². The molecule has 1 saturated heterocycles. The van der Waals surface area contributed by atoms with Gasteiger partial charge in [-0.1, -0.05) is 6.92 Å². The summed E-state index contributed by atoms with van der Waals surface area (Å²) < 4.78 is 5.02. The van der Waals surface area contributed by atoms with Crippen molar-refractivity contribution in [3.8, 4) is 0 Å². The molecule has 3 heteroatoms. The Balaban J connectivity index is 2.58. The largest absolute Gasteiger partial charge is 0.446 e. The molecule has 1 amide bonds. The van der Waals surface area contributed by atoms with E-state index in [2.05, 4.69) is 6.92 Å². The van der Waals surface area contributed by atoms with Gasteiger partial charge in [0.25, 0.3) is 0 Å². The molecule has 1 rings (SSSR count). The standard InChI is InChI=1S/C8H15NO2/c1-4-7-5-6(2)11-8(10)9(7)3/h6-7H,4-5H2,1-3H3/t6-,7?/m0/s1. The lowest BCUT2D eigenvalue weighted by Gasteiger charge is -2.34. The first-order valence-corrected chi connectivity index (χ1v) is 4.08. The van der Waals surface area contributed by atoms with Gasteiger partial charge < -0.3 is 9.64 Å². The molecule has 0 aromatic rings. The number of hydrogen-bond acceptors (Lipinski definition) is 2. The maximum absolute atomic E-state index is 11.1. The van der Waals surface area contributed by atoms with Crippen molar-refractivity contribution in [2.45, 2.75) is 38.8 Å². The summed E-state index contributed by atoms with van der Waals surface area (Å²) in [6, 6.07) is 0.367. The number of cyclic esters (lactones) is 1. The minimum atomic E-state index is -0.185. The van der Waals surface area contributed by atoms with E-state index in [9.17, 15) is 4.79 Å². The van der Waals surface area contributed by atoms with Crippen LogP contribution in [0.3, 0.4) is 0 Å². The highest BCUT2D eigenvalue weighted by atomic mass is 16.6. The van der Waals surface area contributed by atoms with Crippen LogP contribution in [0, 0.1) is 0 Å². The monoisotopic (exact) mass is 157 g/mol. The number of rotatable bonds is 1. The summed E-state index contributed by atoms with van der Waals surface area (Å²) in [4.78, 5) is 12.8. The summed E-state index contributed by atoms with van der Waals surface area (Å²) in [5.74, 6) is 0. The maximum Gasteiger partial charge on any atom is 0.410 e. The number of carbonyl (C=O) groups excluding carboxylic acids is 1. The second kappa shape index (κ2) is 3.11. The van der Waals surface area contributed by atoms with Gasteiger partial charge in [0.15, 0.2) is 0 Å². The molecule has 0 aromatic heterocycles. The number of nitrogens with zero attached hydrogens (tertiary/aromatic N) is 1. The van der Waals surface area contributed by atoms with Crippen LogP contribution in [-0.4, -0.2) is 30.2 Å². The van der Waals surface area contributed by atoms with Gasteiger partial charge in [-0.05, 0) is 13.3 Å². The molecular weight excluding hydrogens is 142 g/mol. The molecular formula is C8H15NO2. The molecule has 0 N–H and O–H groups in total. The van der Waals surface area contributed by atoms with E-state index in [1.165, 1.54) is 0 Å². The first-order valence-electron chi connectivity index (χ1n) is 4.08. The zero-order valence-corrected chi connectivity index (χ0v) is 7.33. The molecule has 64 valence electrons. The van der Waals surface area contributed by atoms with E-state index in [0.717, 1.165) is 12.8 Å². The van der Waals surface area contributed by atoms with E-state index in [0.29, 0.717) is 6.04 Å². The van der Waals surface area contributed by atoms with E-state index < -0.39 is 0 Å². The number of carbonyl (C=O) groups is 1. The summed E-state index contributed by atoms with van der Waals surface area (Å²) in [5, 5.41) is 0. The highest BCUT2D eigenvalue weighted by Gasteiger charge is 2.28. The highest BCUT2D eigenvalue weighted by molar-refractivity contribution is 5.68. The molecule has 2 atom stereocenters. The van der Waals surface area contributed by atoms with E-state index in [1.54, 1.807) is 11.9 Å². The molecule has 1 fully saturated rings. The highest BCUT2D eigenvalue weighted by Crippen LogP contribution is 2.18. The Labute approximate surface area is 67.3 Å². The van der Waals surface area contributed by atoms with Crippen molar-refractivity contribution >= 4 is 6.09 Å². The van der Waals surface area contributed by atoms with Crippen molar-refractivity contribution in [2.24, 2.45) is 0 Å². The summed E-state index contributed by atoms with van der Waals surface area (Å²) in [6.07, 6.45) is 1.87. The molecule has 1 heterocycles. The van der Waals surface area contributed by atoms with Gasteiger partial charge in [-0.3, -0.25) is 0 Å². The number of hydrogen-bond donors (Lipinski definition) is 0. The van der Waals surface area contributed by atoms with Crippen molar-refractivity contribution in [3.05, 3.63) is 0 Å². The van der Waals surface area contributed by atoms with Gasteiger partial charge in [0.05, 0.1) is 0 Å². The van der Waals surface area contributed by atoms with Crippen molar-refractivity contribution in [1.29, 1.82) is 0 Å². The van der Waals surface area contributed by atoms with E-state index in [1.807, 2.05) is 6.92 Å². The molecule has 0 bridgehead atoms. The van der Waals surface area contributed by atoms with Crippen molar-refractivity contribution < 1.29 is 9.53 Å². The third-order valence-electron chi connectivity index (χ3n) is 2.21. The van der Waals surface area contributed by atoms with Gasteiger partial charge in [-0.2, -0.15) is 0 Å². The van der Waals surface area contributed by atoms with E-state index in [-0.39, 0.29) is 12.2 Å².